The maximum Gasteiger partial charge on any atom is 0.0426 e. The van der Waals surface area contributed by atoms with Crippen LogP contribution in [0.2, 0.25) is 0 Å². The van der Waals surface area contributed by atoms with Crippen molar-refractivity contribution in [2.75, 3.05) is 19.0 Å². The summed E-state index contributed by atoms with van der Waals surface area (Å²) in [7, 11) is 4.11. The summed E-state index contributed by atoms with van der Waals surface area (Å²) in [6.07, 6.45) is 0. The number of benzene rings is 2. The summed E-state index contributed by atoms with van der Waals surface area (Å²) in [5, 5.41) is 3.19. The highest BCUT2D eigenvalue weighted by atomic mass is 79.9. The zero-order valence-electron chi connectivity index (χ0n) is 12.3. The van der Waals surface area contributed by atoms with E-state index in [0.29, 0.717) is 0 Å². The van der Waals surface area contributed by atoms with Crippen LogP contribution in [0.25, 0.3) is 0 Å². The fourth-order valence-electron chi connectivity index (χ4n) is 2.45. The van der Waals surface area contributed by atoms with Crippen LogP contribution in [0.5, 0.6) is 0 Å². The van der Waals surface area contributed by atoms with Gasteiger partial charge < -0.3 is 10.2 Å². The summed E-state index contributed by atoms with van der Waals surface area (Å²) < 4.78 is 1.13. The number of nitrogens with zero attached hydrogens (tertiary/aromatic N) is 1. The Morgan fingerprint density at radius 1 is 1.10 bits per heavy atom. The van der Waals surface area contributed by atoms with Gasteiger partial charge in [-0.3, -0.25) is 0 Å². The maximum absolute atomic E-state index is 3.52. The molecule has 2 nitrogen and oxygen atoms in total. The summed E-state index contributed by atoms with van der Waals surface area (Å²) in [6.45, 7) is 3.99. The number of nitrogens with one attached hydrogen (secondary N) is 1. The predicted octanol–water partition coefficient (Wildman–Crippen LogP) is 4.11. The van der Waals surface area contributed by atoms with Gasteiger partial charge >= 0.3 is 0 Å². The van der Waals surface area contributed by atoms with E-state index in [1.165, 1.54) is 22.4 Å². The van der Waals surface area contributed by atoms with Crippen LogP contribution in [-0.2, 0) is 13.1 Å². The molecule has 2 aromatic rings. The molecular weight excluding hydrogens is 312 g/mol. The average molecular weight is 333 g/mol. The topological polar surface area (TPSA) is 15.3 Å². The van der Waals surface area contributed by atoms with E-state index in [1.807, 2.05) is 7.05 Å². The van der Waals surface area contributed by atoms with Crippen molar-refractivity contribution in [2.24, 2.45) is 0 Å². The van der Waals surface area contributed by atoms with Crippen LogP contribution in [0.1, 0.15) is 16.7 Å². The van der Waals surface area contributed by atoms with Gasteiger partial charge in [-0.25, -0.2) is 0 Å². The Labute approximate surface area is 129 Å². The van der Waals surface area contributed by atoms with E-state index in [0.717, 1.165) is 17.6 Å². The quantitative estimate of drug-likeness (QED) is 0.886. The van der Waals surface area contributed by atoms with Gasteiger partial charge in [-0.2, -0.15) is 0 Å². The van der Waals surface area contributed by atoms with Gasteiger partial charge in [0.15, 0.2) is 0 Å². The third kappa shape index (κ3) is 3.84. The standard InChI is InChI=1S/C17H21BrN2/c1-13-9-14(11-19-2)7-8-17(13)20(3)12-15-5-4-6-16(18)10-15/h4-10,19H,11-12H2,1-3H3. The van der Waals surface area contributed by atoms with Crippen LogP contribution in [0.15, 0.2) is 46.9 Å². The number of hydrogen-bond donors (Lipinski definition) is 1. The average Bonchev–Trinajstić information content (AvgIpc) is 2.39. The third-order valence-electron chi connectivity index (χ3n) is 3.36. The highest BCUT2D eigenvalue weighted by Crippen LogP contribution is 2.22. The largest absolute Gasteiger partial charge is 0.370 e. The summed E-state index contributed by atoms with van der Waals surface area (Å²) in [5.74, 6) is 0. The zero-order chi connectivity index (χ0) is 14.5. The zero-order valence-corrected chi connectivity index (χ0v) is 13.9. The fraction of sp³-hybridized carbons (Fsp3) is 0.294. The van der Waals surface area contributed by atoms with Crippen molar-refractivity contribution in [3.05, 3.63) is 63.6 Å². The van der Waals surface area contributed by atoms with Crippen LogP contribution in [0, 0.1) is 6.92 Å². The minimum Gasteiger partial charge on any atom is -0.370 e. The molecule has 0 aliphatic rings. The molecule has 0 heterocycles. The number of aryl methyl sites for hydroxylation is 1. The molecule has 0 unspecified atom stereocenters. The van der Waals surface area contributed by atoms with Crippen molar-refractivity contribution in [1.82, 2.24) is 5.32 Å². The molecule has 2 rings (SSSR count). The van der Waals surface area contributed by atoms with Gasteiger partial charge in [0.1, 0.15) is 0 Å². The molecule has 0 aromatic heterocycles. The third-order valence-corrected chi connectivity index (χ3v) is 3.86. The number of hydrogen-bond acceptors (Lipinski definition) is 2. The van der Waals surface area contributed by atoms with Crippen molar-refractivity contribution < 1.29 is 0 Å². The molecule has 0 atom stereocenters. The van der Waals surface area contributed by atoms with Crippen molar-refractivity contribution in [3.63, 3.8) is 0 Å². The first-order valence-corrected chi connectivity index (χ1v) is 7.59. The Hall–Kier alpha value is -1.32. The van der Waals surface area contributed by atoms with Crippen LogP contribution < -0.4 is 10.2 Å². The van der Waals surface area contributed by atoms with E-state index >= 15 is 0 Å². The molecule has 1 N–H and O–H groups in total. The molecule has 20 heavy (non-hydrogen) atoms. The first-order chi connectivity index (χ1) is 9.60. The molecule has 0 radical (unpaired) electrons. The number of halogens is 1. The van der Waals surface area contributed by atoms with Crippen molar-refractivity contribution in [2.45, 2.75) is 20.0 Å². The molecule has 0 saturated heterocycles. The SMILES string of the molecule is CNCc1ccc(N(C)Cc2cccc(Br)c2)c(C)c1. The Bertz CT molecular complexity index is 581. The van der Waals surface area contributed by atoms with Gasteiger partial charge in [0.05, 0.1) is 0 Å². The van der Waals surface area contributed by atoms with E-state index in [2.05, 4.69) is 82.6 Å². The monoisotopic (exact) mass is 332 g/mol. The second-order valence-electron chi connectivity index (χ2n) is 5.14. The summed E-state index contributed by atoms with van der Waals surface area (Å²) in [5.41, 5.74) is 5.23. The Morgan fingerprint density at radius 3 is 2.55 bits per heavy atom. The fourth-order valence-corrected chi connectivity index (χ4v) is 2.90. The Kier molecular flexibility index (Phi) is 5.21. The van der Waals surface area contributed by atoms with E-state index < -0.39 is 0 Å². The smallest absolute Gasteiger partial charge is 0.0426 e. The number of rotatable bonds is 5. The molecule has 0 fully saturated rings. The molecule has 0 aliphatic carbocycles. The van der Waals surface area contributed by atoms with E-state index in [4.69, 9.17) is 0 Å². The first kappa shape index (κ1) is 15.1. The van der Waals surface area contributed by atoms with Crippen molar-refractivity contribution in [1.29, 1.82) is 0 Å². The molecule has 0 amide bonds. The summed E-state index contributed by atoms with van der Waals surface area (Å²) >= 11 is 3.52. The molecule has 106 valence electrons. The van der Waals surface area contributed by atoms with Gasteiger partial charge in [-0.15, -0.1) is 0 Å². The molecule has 2 aromatic carbocycles. The highest BCUT2D eigenvalue weighted by Gasteiger charge is 2.06. The molecule has 0 saturated carbocycles. The minimum absolute atomic E-state index is 0.908. The lowest BCUT2D eigenvalue weighted by Gasteiger charge is -2.22. The molecule has 0 aliphatic heterocycles. The van der Waals surface area contributed by atoms with Gasteiger partial charge in [0.2, 0.25) is 0 Å². The van der Waals surface area contributed by atoms with Gasteiger partial charge in [-0.05, 0) is 48.9 Å². The summed E-state index contributed by atoms with van der Waals surface area (Å²) in [6, 6.07) is 15.1. The molecule has 0 spiro atoms. The molecule has 0 bridgehead atoms. The minimum atomic E-state index is 0.908. The highest BCUT2D eigenvalue weighted by molar-refractivity contribution is 9.10. The predicted molar refractivity (Wildman–Crippen MR) is 90.2 cm³/mol. The van der Waals surface area contributed by atoms with Gasteiger partial charge in [0.25, 0.3) is 0 Å². The Morgan fingerprint density at radius 2 is 1.90 bits per heavy atom. The van der Waals surface area contributed by atoms with Crippen molar-refractivity contribution >= 4 is 21.6 Å². The lowest BCUT2D eigenvalue weighted by Crippen LogP contribution is -2.17. The lowest BCUT2D eigenvalue weighted by molar-refractivity contribution is 0.815. The van der Waals surface area contributed by atoms with Gasteiger partial charge in [-0.1, -0.05) is 40.2 Å². The number of anilines is 1. The van der Waals surface area contributed by atoms with Crippen LogP contribution >= 0.6 is 15.9 Å². The molecule has 3 heteroatoms. The Balaban J connectivity index is 2.14. The van der Waals surface area contributed by atoms with Crippen molar-refractivity contribution in [3.8, 4) is 0 Å². The van der Waals surface area contributed by atoms with E-state index in [-0.39, 0.29) is 0 Å². The van der Waals surface area contributed by atoms with Crippen LogP contribution in [-0.4, -0.2) is 14.1 Å². The van der Waals surface area contributed by atoms with E-state index in [9.17, 15) is 0 Å². The van der Waals surface area contributed by atoms with Gasteiger partial charge in [0, 0.05) is 30.3 Å². The summed E-state index contributed by atoms with van der Waals surface area (Å²) in [4.78, 5) is 2.29. The normalized spacial score (nSPS) is 10.6. The lowest BCUT2D eigenvalue weighted by atomic mass is 10.1. The van der Waals surface area contributed by atoms with Crippen LogP contribution in [0.4, 0.5) is 5.69 Å². The van der Waals surface area contributed by atoms with Crippen LogP contribution in [0.3, 0.4) is 0 Å². The maximum atomic E-state index is 3.52. The first-order valence-electron chi connectivity index (χ1n) is 6.80. The van der Waals surface area contributed by atoms with E-state index in [1.54, 1.807) is 0 Å². The molecular formula is C17H21BrN2. The second-order valence-corrected chi connectivity index (χ2v) is 6.05. The second kappa shape index (κ2) is 6.91.